The quantitative estimate of drug-likeness (QED) is 0.580. The maximum Gasteiger partial charge on any atom is 0.0248 e. The fourth-order valence-electron chi connectivity index (χ4n) is 2.84. The number of hydrogen-bond donors (Lipinski definition) is 0. The first-order chi connectivity index (χ1) is 5.79. The minimum atomic E-state index is 0.859. The zero-order valence-electron chi connectivity index (χ0n) is 8.29. The highest BCUT2D eigenvalue weighted by Crippen LogP contribution is 2.27. The molecule has 2 heterocycles. The summed E-state index contributed by atoms with van der Waals surface area (Å²) < 4.78 is 0. The lowest BCUT2D eigenvalue weighted by Gasteiger charge is -2.30. The molecule has 0 spiro atoms. The molecular formula is C10H20N2. The van der Waals surface area contributed by atoms with Crippen molar-refractivity contribution in [2.45, 2.75) is 37.8 Å². The molecule has 0 radical (unpaired) electrons. The molecule has 2 aliphatic rings. The fraction of sp³-hybridized carbons (Fsp3) is 1.00. The predicted molar refractivity (Wildman–Crippen MR) is 51.3 cm³/mol. The van der Waals surface area contributed by atoms with Gasteiger partial charge < -0.3 is 9.80 Å². The number of likely N-dealkylation sites (tertiary alicyclic amines) is 2. The zero-order chi connectivity index (χ0) is 8.55. The molecular weight excluding hydrogens is 148 g/mol. The van der Waals surface area contributed by atoms with Crippen LogP contribution in [0, 0.1) is 0 Å². The van der Waals surface area contributed by atoms with Gasteiger partial charge in [0.15, 0.2) is 0 Å². The Morgan fingerprint density at radius 2 is 1.25 bits per heavy atom. The Morgan fingerprint density at radius 3 is 1.50 bits per heavy atom. The number of likely N-dealkylation sites (N-methyl/N-ethyl adjacent to an activating group) is 2. The fourth-order valence-corrected chi connectivity index (χ4v) is 2.84. The van der Waals surface area contributed by atoms with Crippen molar-refractivity contribution in [2.24, 2.45) is 0 Å². The van der Waals surface area contributed by atoms with Gasteiger partial charge >= 0.3 is 0 Å². The summed E-state index contributed by atoms with van der Waals surface area (Å²) >= 11 is 0. The molecule has 2 nitrogen and oxygen atoms in total. The molecule has 2 aliphatic heterocycles. The Morgan fingerprint density at radius 1 is 0.833 bits per heavy atom. The maximum atomic E-state index is 2.55. The first-order valence-electron chi connectivity index (χ1n) is 5.19. The molecule has 2 rings (SSSR count). The Balaban J connectivity index is 1.98. The summed E-state index contributed by atoms with van der Waals surface area (Å²) in [6.45, 7) is 2.63. The molecule has 12 heavy (non-hydrogen) atoms. The van der Waals surface area contributed by atoms with Gasteiger partial charge in [-0.15, -0.1) is 0 Å². The van der Waals surface area contributed by atoms with Gasteiger partial charge in [0, 0.05) is 12.1 Å². The number of hydrogen-bond acceptors (Lipinski definition) is 2. The zero-order valence-corrected chi connectivity index (χ0v) is 8.29. The van der Waals surface area contributed by atoms with E-state index in [-0.39, 0.29) is 0 Å². The Labute approximate surface area is 75.5 Å². The van der Waals surface area contributed by atoms with Gasteiger partial charge in [-0.25, -0.2) is 0 Å². The number of nitrogens with zero attached hydrogens (tertiary/aromatic N) is 2. The molecule has 0 bridgehead atoms. The Hall–Kier alpha value is -0.0800. The normalized spacial score (nSPS) is 39.5. The van der Waals surface area contributed by atoms with E-state index < -0.39 is 0 Å². The highest BCUT2D eigenvalue weighted by atomic mass is 15.2. The third-order valence-corrected chi connectivity index (χ3v) is 3.60. The van der Waals surface area contributed by atoms with Gasteiger partial charge in [-0.1, -0.05) is 0 Å². The van der Waals surface area contributed by atoms with E-state index in [1.165, 1.54) is 38.8 Å². The average molecular weight is 168 g/mol. The molecule has 0 aromatic heterocycles. The molecule has 70 valence electrons. The molecule has 0 amide bonds. The lowest BCUT2D eigenvalue weighted by molar-refractivity contribution is 0.176. The van der Waals surface area contributed by atoms with Crippen LogP contribution in [-0.2, 0) is 0 Å². The first kappa shape index (κ1) is 8.52. The lowest BCUT2D eigenvalue weighted by Crippen LogP contribution is -2.42. The van der Waals surface area contributed by atoms with Crippen molar-refractivity contribution in [3.63, 3.8) is 0 Å². The predicted octanol–water partition coefficient (Wildman–Crippen LogP) is 1.17. The van der Waals surface area contributed by atoms with Crippen LogP contribution in [0.4, 0.5) is 0 Å². The molecule has 2 fully saturated rings. The van der Waals surface area contributed by atoms with Crippen LogP contribution in [0.3, 0.4) is 0 Å². The van der Waals surface area contributed by atoms with Gasteiger partial charge in [-0.05, 0) is 52.9 Å². The van der Waals surface area contributed by atoms with Crippen molar-refractivity contribution >= 4 is 0 Å². The van der Waals surface area contributed by atoms with Gasteiger partial charge in [0.1, 0.15) is 0 Å². The van der Waals surface area contributed by atoms with Crippen LogP contribution in [-0.4, -0.2) is 49.1 Å². The SMILES string of the molecule is CN1CCCC1C1CCCN1C. The third kappa shape index (κ3) is 1.38. The Bertz CT molecular complexity index is 140. The van der Waals surface area contributed by atoms with Crippen LogP contribution in [0.15, 0.2) is 0 Å². The molecule has 0 aromatic rings. The van der Waals surface area contributed by atoms with Gasteiger partial charge in [-0.2, -0.15) is 0 Å². The average Bonchev–Trinajstić information content (AvgIpc) is 2.59. The monoisotopic (exact) mass is 168 g/mol. The summed E-state index contributed by atoms with van der Waals surface area (Å²) in [6, 6.07) is 1.72. The summed E-state index contributed by atoms with van der Waals surface area (Å²) in [4.78, 5) is 5.10. The molecule has 2 saturated heterocycles. The highest BCUT2D eigenvalue weighted by molar-refractivity contribution is 4.91. The van der Waals surface area contributed by atoms with Gasteiger partial charge in [0.05, 0.1) is 0 Å². The largest absolute Gasteiger partial charge is 0.302 e. The van der Waals surface area contributed by atoms with E-state index in [1.807, 2.05) is 0 Å². The second-order valence-corrected chi connectivity index (χ2v) is 4.38. The van der Waals surface area contributed by atoms with Crippen LogP contribution in [0.2, 0.25) is 0 Å². The van der Waals surface area contributed by atoms with E-state index in [2.05, 4.69) is 23.9 Å². The van der Waals surface area contributed by atoms with Crippen molar-refractivity contribution in [1.82, 2.24) is 9.80 Å². The lowest BCUT2D eigenvalue weighted by atomic mass is 10.0. The summed E-state index contributed by atoms with van der Waals surface area (Å²) in [6.07, 6.45) is 5.66. The molecule has 2 unspecified atom stereocenters. The highest BCUT2D eigenvalue weighted by Gasteiger charge is 2.33. The third-order valence-electron chi connectivity index (χ3n) is 3.60. The second kappa shape index (κ2) is 3.35. The number of rotatable bonds is 1. The van der Waals surface area contributed by atoms with E-state index in [1.54, 1.807) is 0 Å². The topological polar surface area (TPSA) is 6.48 Å². The van der Waals surface area contributed by atoms with Crippen LogP contribution in [0.1, 0.15) is 25.7 Å². The van der Waals surface area contributed by atoms with Crippen molar-refractivity contribution in [3.8, 4) is 0 Å². The van der Waals surface area contributed by atoms with Crippen LogP contribution < -0.4 is 0 Å². The smallest absolute Gasteiger partial charge is 0.0248 e. The maximum absolute atomic E-state index is 2.55. The summed E-state index contributed by atoms with van der Waals surface area (Å²) in [5.74, 6) is 0. The van der Waals surface area contributed by atoms with Crippen LogP contribution in [0.25, 0.3) is 0 Å². The molecule has 0 aromatic carbocycles. The van der Waals surface area contributed by atoms with E-state index in [0.717, 1.165) is 12.1 Å². The van der Waals surface area contributed by atoms with Crippen molar-refractivity contribution < 1.29 is 0 Å². The van der Waals surface area contributed by atoms with Gasteiger partial charge in [0.2, 0.25) is 0 Å². The van der Waals surface area contributed by atoms with E-state index >= 15 is 0 Å². The van der Waals surface area contributed by atoms with E-state index in [9.17, 15) is 0 Å². The van der Waals surface area contributed by atoms with Gasteiger partial charge in [0.25, 0.3) is 0 Å². The van der Waals surface area contributed by atoms with Crippen molar-refractivity contribution in [2.75, 3.05) is 27.2 Å². The van der Waals surface area contributed by atoms with Crippen LogP contribution >= 0.6 is 0 Å². The molecule has 2 atom stereocenters. The first-order valence-corrected chi connectivity index (χ1v) is 5.19. The Kier molecular flexibility index (Phi) is 2.37. The second-order valence-electron chi connectivity index (χ2n) is 4.38. The van der Waals surface area contributed by atoms with Crippen molar-refractivity contribution in [3.05, 3.63) is 0 Å². The molecule has 0 saturated carbocycles. The van der Waals surface area contributed by atoms with Crippen molar-refractivity contribution in [1.29, 1.82) is 0 Å². The minimum absolute atomic E-state index is 0.859. The minimum Gasteiger partial charge on any atom is -0.302 e. The van der Waals surface area contributed by atoms with Gasteiger partial charge in [-0.3, -0.25) is 0 Å². The van der Waals surface area contributed by atoms with Crippen LogP contribution in [0.5, 0.6) is 0 Å². The molecule has 2 heteroatoms. The van der Waals surface area contributed by atoms with E-state index in [4.69, 9.17) is 0 Å². The molecule has 0 N–H and O–H groups in total. The van der Waals surface area contributed by atoms with E-state index in [0.29, 0.717) is 0 Å². The summed E-state index contributed by atoms with van der Waals surface area (Å²) in [5.41, 5.74) is 0. The molecule has 0 aliphatic carbocycles. The standard InChI is InChI=1S/C10H20N2/c1-11-7-3-5-9(11)10-6-4-8-12(10)2/h9-10H,3-8H2,1-2H3. The summed E-state index contributed by atoms with van der Waals surface area (Å²) in [5, 5.41) is 0. The summed E-state index contributed by atoms with van der Waals surface area (Å²) in [7, 11) is 4.56.